The largest absolute Gasteiger partial charge is 0.336 e. The van der Waals surface area contributed by atoms with Crippen molar-refractivity contribution in [1.29, 1.82) is 0 Å². The molecular weight excluding hydrogens is 366 g/mol. The van der Waals surface area contributed by atoms with Crippen molar-refractivity contribution in [2.45, 2.75) is 65.3 Å². The summed E-state index contributed by atoms with van der Waals surface area (Å²) in [6.45, 7) is 7.31. The van der Waals surface area contributed by atoms with Crippen LogP contribution in [0.1, 0.15) is 54.0 Å². The Labute approximate surface area is 183 Å². The van der Waals surface area contributed by atoms with Gasteiger partial charge in [-0.25, -0.2) is 0 Å². The molecule has 158 valence electrons. The van der Waals surface area contributed by atoms with Gasteiger partial charge in [0.25, 0.3) is 0 Å². The quantitative estimate of drug-likeness (QED) is 0.402. The summed E-state index contributed by atoms with van der Waals surface area (Å²) in [7, 11) is 0. The minimum Gasteiger partial charge on any atom is -0.336 e. The summed E-state index contributed by atoms with van der Waals surface area (Å²) in [4.78, 5) is 14.4. The van der Waals surface area contributed by atoms with Crippen LogP contribution < -0.4 is 0 Å². The van der Waals surface area contributed by atoms with E-state index in [-0.39, 0.29) is 6.04 Å². The van der Waals surface area contributed by atoms with Crippen LogP contribution in [0.3, 0.4) is 0 Å². The normalized spacial score (nSPS) is 16.0. The van der Waals surface area contributed by atoms with Gasteiger partial charge in [0.1, 0.15) is 0 Å². The number of benzene rings is 2. The number of terminal acetylenes is 1. The van der Waals surface area contributed by atoms with Crippen molar-refractivity contribution >= 4 is 5.91 Å². The smallest absolute Gasteiger partial charge is 0.223 e. The standard InChI is InChI=1S/C26H33NO.C2H2/c1-4-22-9-11-23(12-10-22)15-16-27-25(13-14-26(27)28)8-6-5-7-24-18-20(2)17-21(3)19-24;1-2/h6,8-12,17-19,25H,4-5,7,13-16H2,1-3H3;1-2H/b8-6+;. The molecule has 2 nitrogen and oxygen atoms in total. The van der Waals surface area contributed by atoms with E-state index in [1.807, 2.05) is 0 Å². The van der Waals surface area contributed by atoms with Crippen molar-refractivity contribution in [3.8, 4) is 12.8 Å². The average molecular weight is 402 g/mol. The first-order valence-electron chi connectivity index (χ1n) is 11.0. The van der Waals surface area contributed by atoms with Crippen LogP contribution in [0.25, 0.3) is 0 Å². The number of rotatable bonds is 8. The van der Waals surface area contributed by atoms with Gasteiger partial charge in [0, 0.05) is 13.0 Å². The van der Waals surface area contributed by atoms with Crippen molar-refractivity contribution in [1.82, 2.24) is 4.90 Å². The molecule has 1 fully saturated rings. The van der Waals surface area contributed by atoms with E-state index in [0.29, 0.717) is 12.3 Å². The van der Waals surface area contributed by atoms with E-state index in [1.165, 1.54) is 27.8 Å². The minimum atomic E-state index is 0.265. The molecule has 1 amide bonds. The lowest BCUT2D eigenvalue weighted by Crippen LogP contribution is -2.33. The third-order valence-corrected chi connectivity index (χ3v) is 5.69. The molecule has 3 rings (SSSR count). The summed E-state index contributed by atoms with van der Waals surface area (Å²) < 4.78 is 0. The second-order valence-corrected chi connectivity index (χ2v) is 8.08. The molecule has 2 aromatic rings. The molecule has 0 radical (unpaired) electrons. The molecule has 1 aliphatic rings. The highest BCUT2D eigenvalue weighted by Gasteiger charge is 2.28. The molecule has 1 aliphatic heterocycles. The molecule has 30 heavy (non-hydrogen) atoms. The summed E-state index contributed by atoms with van der Waals surface area (Å²) in [5, 5.41) is 0. The fourth-order valence-corrected chi connectivity index (χ4v) is 4.15. The molecule has 2 aromatic carbocycles. The predicted molar refractivity (Wildman–Crippen MR) is 128 cm³/mol. The van der Waals surface area contributed by atoms with E-state index in [4.69, 9.17) is 0 Å². The van der Waals surface area contributed by atoms with E-state index in [0.717, 1.165) is 38.6 Å². The fraction of sp³-hybridized carbons (Fsp3) is 0.393. The number of carbonyl (C=O) groups is 1. The average Bonchev–Trinajstić information content (AvgIpc) is 3.10. The van der Waals surface area contributed by atoms with Gasteiger partial charge in [0.15, 0.2) is 0 Å². The van der Waals surface area contributed by atoms with Crippen molar-refractivity contribution in [2.75, 3.05) is 6.54 Å². The molecule has 0 spiro atoms. The van der Waals surface area contributed by atoms with Gasteiger partial charge in [-0.1, -0.05) is 72.7 Å². The molecular formula is C28H35NO. The number of hydrogen-bond donors (Lipinski definition) is 0. The molecule has 0 aromatic heterocycles. The molecule has 0 bridgehead atoms. The first-order chi connectivity index (χ1) is 14.5. The molecule has 2 heteroatoms. The third-order valence-electron chi connectivity index (χ3n) is 5.69. The molecule has 0 N–H and O–H groups in total. The van der Waals surface area contributed by atoms with Crippen LogP contribution in [0, 0.1) is 26.7 Å². The van der Waals surface area contributed by atoms with Gasteiger partial charge in [-0.15, -0.1) is 12.8 Å². The third kappa shape index (κ3) is 6.92. The summed E-state index contributed by atoms with van der Waals surface area (Å²) in [6, 6.07) is 15.8. The Morgan fingerprint density at radius 2 is 1.60 bits per heavy atom. The lowest BCUT2D eigenvalue weighted by Gasteiger charge is -2.22. The number of allylic oxidation sites excluding steroid dienone is 1. The second kappa shape index (κ2) is 12.0. The van der Waals surface area contributed by atoms with E-state index in [9.17, 15) is 4.79 Å². The Hall–Kier alpha value is -2.79. The van der Waals surface area contributed by atoms with E-state index in [2.05, 4.69) is 93.1 Å². The first kappa shape index (κ1) is 23.5. The Bertz CT molecular complexity index is 840. The van der Waals surface area contributed by atoms with Crippen LogP contribution in [0.2, 0.25) is 0 Å². The lowest BCUT2D eigenvalue weighted by molar-refractivity contribution is -0.128. The van der Waals surface area contributed by atoms with Crippen LogP contribution in [-0.2, 0) is 24.1 Å². The molecule has 1 unspecified atom stereocenters. The Balaban J connectivity index is 0.00000155. The van der Waals surface area contributed by atoms with Crippen LogP contribution in [-0.4, -0.2) is 23.4 Å². The summed E-state index contributed by atoms with van der Waals surface area (Å²) >= 11 is 0. The zero-order chi connectivity index (χ0) is 21.9. The highest BCUT2D eigenvalue weighted by molar-refractivity contribution is 5.79. The molecule has 0 aliphatic carbocycles. The Morgan fingerprint density at radius 3 is 2.23 bits per heavy atom. The van der Waals surface area contributed by atoms with Crippen LogP contribution >= 0.6 is 0 Å². The van der Waals surface area contributed by atoms with Crippen molar-refractivity contribution in [3.63, 3.8) is 0 Å². The van der Waals surface area contributed by atoms with Crippen LogP contribution in [0.5, 0.6) is 0 Å². The second-order valence-electron chi connectivity index (χ2n) is 8.08. The molecule has 1 heterocycles. The van der Waals surface area contributed by atoms with Crippen molar-refractivity contribution in [3.05, 3.63) is 82.4 Å². The Kier molecular flexibility index (Phi) is 9.42. The van der Waals surface area contributed by atoms with Gasteiger partial charge in [-0.05, 0) is 62.6 Å². The van der Waals surface area contributed by atoms with E-state index in [1.54, 1.807) is 0 Å². The maximum Gasteiger partial charge on any atom is 0.223 e. The molecule has 1 saturated heterocycles. The lowest BCUT2D eigenvalue weighted by atomic mass is 10.0. The number of carbonyl (C=O) groups excluding carboxylic acids is 1. The molecule has 0 saturated carbocycles. The van der Waals surface area contributed by atoms with Gasteiger partial charge < -0.3 is 4.90 Å². The van der Waals surface area contributed by atoms with Crippen molar-refractivity contribution < 1.29 is 4.79 Å². The maximum absolute atomic E-state index is 12.3. The van der Waals surface area contributed by atoms with E-state index >= 15 is 0 Å². The predicted octanol–water partition coefficient (Wildman–Crippen LogP) is 5.84. The number of likely N-dealkylation sites (tertiary alicyclic amines) is 1. The minimum absolute atomic E-state index is 0.265. The highest BCUT2D eigenvalue weighted by atomic mass is 16.2. The summed E-state index contributed by atoms with van der Waals surface area (Å²) in [5.74, 6) is 0.300. The molecule has 1 atom stereocenters. The van der Waals surface area contributed by atoms with Gasteiger partial charge in [-0.3, -0.25) is 4.79 Å². The number of hydrogen-bond acceptors (Lipinski definition) is 1. The fourth-order valence-electron chi connectivity index (χ4n) is 4.15. The highest BCUT2D eigenvalue weighted by Crippen LogP contribution is 2.21. The van der Waals surface area contributed by atoms with Crippen LogP contribution in [0.4, 0.5) is 0 Å². The summed E-state index contributed by atoms with van der Waals surface area (Å²) in [6.07, 6.45) is 18.2. The van der Waals surface area contributed by atoms with Gasteiger partial charge in [0.05, 0.1) is 6.04 Å². The van der Waals surface area contributed by atoms with E-state index < -0.39 is 0 Å². The zero-order valence-electron chi connectivity index (χ0n) is 18.7. The van der Waals surface area contributed by atoms with Gasteiger partial charge >= 0.3 is 0 Å². The number of nitrogens with zero attached hydrogens (tertiary/aromatic N) is 1. The monoisotopic (exact) mass is 401 g/mol. The SMILES string of the molecule is C#C.CCc1ccc(CCN2C(=O)CCC2/C=C/CCc2cc(C)cc(C)c2)cc1. The number of aryl methyl sites for hydroxylation is 4. The topological polar surface area (TPSA) is 20.3 Å². The van der Waals surface area contributed by atoms with Gasteiger partial charge in [0.2, 0.25) is 5.91 Å². The van der Waals surface area contributed by atoms with Crippen molar-refractivity contribution in [2.24, 2.45) is 0 Å². The number of amides is 1. The first-order valence-corrected chi connectivity index (χ1v) is 11.0. The zero-order valence-corrected chi connectivity index (χ0v) is 18.7. The Morgan fingerprint density at radius 1 is 0.967 bits per heavy atom. The maximum atomic E-state index is 12.3. The summed E-state index contributed by atoms with van der Waals surface area (Å²) in [5.41, 5.74) is 6.74. The van der Waals surface area contributed by atoms with Gasteiger partial charge in [-0.2, -0.15) is 0 Å². The van der Waals surface area contributed by atoms with Crippen LogP contribution in [0.15, 0.2) is 54.6 Å².